The molecule has 1 aromatic carbocycles. The molecule has 0 aliphatic rings. The number of H-pyrrole nitrogens is 1. The second-order valence-corrected chi connectivity index (χ2v) is 6.24. The molecule has 0 saturated heterocycles. The fourth-order valence-electron chi connectivity index (χ4n) is 2.27. The summed E-state index contributed by atoms with van der Waals surface area (Å²) in [4.78, 5) is 0.726. The van der Waals surface area contributed by atoms with E-state index in [0.29, 0.717) is 12.4 Å². The molecule has 8 heteroatoms. The van der Waals surface area contributed by atoms with E-state index in [9.17, 15) is 0 Å². The number of nitrogens with one attached hydrogen (secondary N) is 1. The van der Waals surface area contributed by atoms with E-state index in [0.717, 1.165) is 32.7 Å². The van der Waals surface area contributed by atoms with Crippen molar-refractivity contribution >= 4 is 16.3 Å². The third-order valence-corrected chi connectivity index (χ3v) is 4.28. The van der Waals surface area contributed by atoms with Crippen LogP contribution < -0.4 is 4.74 Å². The molecule has 0 atom stereocenters. The highest BCUT2D eigenvalue weighted by molar-refractivity contribution is 7.16. The van der Waals surface area contributed by atoms with E-state index in [1.807, 2.05) is 44.2 Å². The first-order chi connectivity index (χ1) is 11.2. The Morgan fingerprint density at radius 3 is 2.87 bits per heavy atom. The number of hydrogen-bond acceptors (Lipinski definition) is 6. The Hall–Kier alpha value is -2.74. The highest BCUT2D eigenvalue weighted by Gasteiger charge is 2.15. The van der Waals surface area contributed by atoms with E-state index in [1.165, 1.54) is 11.3 Å². The van der Waals surface area contributed by atoms with Gasteiger partial charge in [0.2, 0.25) is 10.8 Å². The third kappa shape index (κ3) is 2.57. The number of hydrogen-bond donors (Lipinski definition) is 1. The summed E-state index contributed by atoms with van der Waals surface area (Å²) in [6.45, 7) is 4.36. The standard InChI is InChI=1S/C15H14N6OS/c1-9-5-3-4-6-12(9)22-8-13-20-21-14(18-19-15(21)23-13)11-7-10(2)16-17-11/h3-7H,8H2,1-2H3,(H,16,17). The molecule has 116 valence electrons. The van der Waals surface area contributed by atoms with Gasteiger partial charge in [-0.25, -0.2) is 0 Å². The Balaban J connectivity index is 1.60. The zero-order valence-corrected chi connectivity index (χ0v) is 13.5. The molecule has 0 spiro atoms. The van der Waals surface area contributed by atoms with Gasteiger partial charge in [-0.3, -0.25) is 5.10 Å². The summed E-state index contributed by atoms with van der Waals surface area (Å²) in [7, 11) is 0. The number of benzene rings is 1. The maximum absolute atomic E-state index is 5.84. The minimum atomic E-state index is 0.401. The monoisotopic (exact) mass is 326 g/mol. The van der Waals surface area contributed by atoms with E-state index in [-0.39, 0.29) is 0 Å². The molecule has 4 aromatic rings. The molecule has 3 heterocycles. The van der Waals surface area contributed by atoms with Gasteiger partial charge >= 0.3 is 0 Å². The number of rotatable bonds is 4. The van der Waals surface area contributed by atoms with Crippen molar-refractivity contribution in [2.75, 3.05) is 0 Å². The first-order valence-electron chi connectivity index (χ1n) is 7.12. The van der Waals surface area contributed by atoms with E-state index in [4.69, 9.17) is 4.74 Å². The van der Waals surface area contributed by atoms with Gasteiger partial charge in [-0.15, -0.1) is 10.2 Å². The zero-order chi connectivity index (χ0) is 15.8. The lowest BCUT2D eigenvalue weighted by atomic mass is 10.2. The van der Waals surface area contributed by atoms with Gasteiger partial charge in [0.15, 0.2) is 5.01 Å². The number of para-hydroxylation sites is 1. The molecule has 0 unspecified atom stereocenters. The van der Waals surface area contributed by atoms with Crippen LogP contribution in [-0.4, -0.2) is 30.0 Å². The minimum absolute atomic E-state index is 0.401. The predicted octanol–water partition coefficient (Wildman–Crippen LogP) is 2.77. The molecule has 0 aliphatic carbocycles. The van der Waals surface area contributed by atoms with Gasteiger partial charge in [0.05, 0.1) is 0 Å². The average molecular weight is 326 g/mol. The fourth-order valence-corrected chi connectivity index (χ4v) is 3.01. The highest BCUT2D eigenvalue weighted by atomic mass is 32.1. The van der Waals surface area contributed by atoms with Gasteiger partial charge < -0.3 is 4.74 Å². The molecular weight excluding hydrogens is 312 g/mol. The van der Waals surface area contributed by atoms with E-state index >= 15 is 0 Å². The number of aromatic amines is 1. The number of nitrogens with zero attached hydrogens (tertiary/aromatic N) is 5. The lowest BCUT2D eigenvalue weighted by Crippen LogP contribution is -1.98. The van der Waals surface area contributed by atoms with Gasteiger partial charge in [0, 0.05) is 5.69 Å². The van der Waals surface area contributed by atoms with Crippen molar-refractivity contribution in [3.05, 3.63) is 46.6 Å². The molecule has 0 fully saturated rings. The van der Waals surface area contributed by atoms with Crippen LogP contribution in [0.25, 0.3) is 16.5 Å². The fraction of sp³-hybridized carbons (Fsp3) is 0.200. The van der Waals surface area contributed by atoms with Crippen molar-refractivity contribution < 1.29 is 4.74 Å². The van der Waals surface area contributed by atoms with Gasteiger partial charge in [-0.2, -0.15) is 14.7 Å². The van der Waals surface area contributed by atoms with Gasteiger partial charge in [-0.05, 0) is 31.5 Å². The van der Waals surface area contributed by atoms with Gasteiger partial charge in [-0.1, -0.05) is 29.5 Å². The van der Waals surface area contributed by atoms with Crippen LogP contribution in [0, 0.1) is 13.8 Å². The second-order valence-electron chi connectivity index (χ2n) is 5.20. The van der Waals surface area contributed by atoms with E-state index < -0.39 is 0 Å². The molecule has 1 N–H and O–H groups in total. The molecule has 0 aliphatic heterocycles. The number of aryl methyl sites for hydroxylation is 2. The highest BCUT2D eigenvalue weighted by Crippen LogP contribution is 2.22. The molecule has 4 rings (SSSR count). The number of aromatic nitrogens is 6. The Morgan fingerprint density at radius 2 is 2.09 bits per heavy atom. The lowest BCUT2D eigenvalue weighted by molar-refractivity contribution is 0.302. The second kappa shape index (κ2) is 5.47. The van der Waals surface area contributed by atoms with Crippen molar-refractivity contribution in [1.29, 1.82) is 0 Å². The molecule has 0 radical (unpaired) electrons. The minimum Gasteiger partial charge on any atom is -0.486 e. The summed E-state index contributed by atoms with van der Waals surface area (Å²) in [5.74, 6) is 1.49. The first-order valence-corrected chi connectivity index (χ1v) is 7.94. The van der Waals surface area contributed by atoms with Crippen LogP contribution in [-0.2, 0) is 6.61 Å². The van der Waals surface area contributed by atoms with Crippen molar-refractivity contribution in [3.8, 4) is 17.3 Å². The molecular formula is C15H14N6OS. The van der Waals surface area contributed by atoms with Crippen LogP contribution in [0.3, 0.4) is 0 Å². The van der Waals surface area contributed by atoms with Crippen molar-refractivity contribution in [3.63, 3.8) is 0 Å². The zero-order valence-electron chi connectivity index (χ0n) is 12.6. The molecule has 3 aromatic heterocycles. The normalized spacial score (nSPS) is 11.2. The van der Waals surface area contributed by atoms with Crippen LogP contribution >= 0.6 is 11.3 Å². The van der Waals surface area contributed by atoms with Gasteiger partial charge in [0.1, 0.15) is 18.1 Å². The summed E-state index contributed by atoms with van der Waals surface area (Å²) < 4.78 is 7.54. The van der Waals surface area contributed by atoms with Gasteiger partial charge in [0.25, 0.3) is 0 Å². The molecule has 0 bridgehead atoms. The quantitative estimate of drug-likeness (QED) is 0.623. The molecule has 0 saturated carbocycles. The maximum atomic E-state index is 5.84. The van der Waals surface area contributed by atoms with Crippen LogP contribution in [0.5, 0.6) is 5.75 Å². The molecule has 7 nitrogen and oxygen atoms in total. The van der Waals surface area contributed by atoms with Crippen LogP contribution in [0.2, 0.25) is 0 Å². The topological polar surface area (TPSA) is 81.0 Å². The van der Waals surface area contributed by atoms with Crippen LogP contribution in [0.1, 0.15) is 16.3 Å². The summed E-state index contributed by atoms with van der Waals surface area (Å²) in [5, 5.41) is 20.8. The average Bonchev–Trinajstić information content (AvgIpc) is 3.21. The largest absolute Gasteiger partial charge is 0.486 e. The summed E-state index contributed by atoms with van der Waals surface area (Å²) in [6.07, 6.45) is 0. The summed E-state index contributed by atoms with van der Waals surface area (Å²) >= 11 is 1.46. The predicted molar refractivity (Wildman–Crippen MR) is 86.5 cm³/mol. The van der Waals surface area contributed by atoms with Crippen molar-refractivity contribution in [1.82, 2.24) is 30.0 Å². The SMILES string of the molecule is Cc1cc(-c2nnc3sc(COc4ccccc4C)nn23)n[nH]1. The van der Waals surface area contributed by atoms with Crippen molar-refractivity contribution in [2.24, 2.45) is 0 Å². The molecule has 0 amide bonds. The summed E-state index contributed by atoms with van der Waals surface area (Å²) in [5.41, 5.74) is 2.80. The Kier molecular flexibility index (Phi) is 3.30. The first kappa shape index (κ1) is 13.9. The summed E-state index contributed by atoms with van der Waals surface area (Å²) in [6, 6.07) is 9.83. The van der Waals surface area contributed by atoms with E-state index in [2.05, 4.69) is 25.5 Å². The number of ether oxygens (including phenoxy) is 1. The smallest absolute Gasteiger partial charge is 0.235 e. The maximum Gasteiger partial charge on any atom is 0.235 e. The third-order valence-electron chi connectivity index (χ3n) is 3.41. The Labute approximate surface area is 136 Å². The molecule has 23 heavy (non-hydrogen) atoms. The number of fused-ring (bicyclic) bond motifs is 1. The lowest BCUT2D eigenvalue weighted by Gasteiger charge is -2.06. The Bertz CT molecular complexity index is 969. The van der Waals surface area contributed by atoms with Crippen LogP contribution in [0.4, 0.5) is 0 Å². The van der Waals surface area contributed by atoms with Crippen LogP contribution in [0.15, 0.2) is 30.3 Å². The Morgan fingerprint density at radius 1 is 1.22 bits per heavy atom. The van der Waals surface area contributed by atoms with E-state index in [1.54, 1.807) is 4.52 Å². The van der Waals surface area contributed by atoms with Crippen molar-refractivity contribution in [2.45, 2.75) is 20.5 Å².